The van der Waals surface area contributed by atoms with E-state index in [1.165, 1.54) is 0 Å². The van der Waals surface area contributed by atoms with Gasteiger partial charge in [0.15, 0.2) is 0 Å². The highest BCUT2D eigenvalue weighted by Gasteiger charge is 2.02. The number of hydrogen-bond donors (Lipinski definition) is 1. The average molecular weight is 185 g/mol. The molecule has 14 heavy (non-hydrogen) atoms. The molecule has 0 fully saturated rings. The summed E-state index contributed by atoms with van der Waals surface area (Å²) in [4.78, 5) is 10.7. The fourth-order valence-electron chi connectivity index (χ4n) is 1.43. The molecule has 2 aromatic carbocycles. The Balaban J connectivity index is 2.67. The zero-order valence-corrected chi connectivity index (χ0v) is 7.53. The van der Waals surface area contributed by atoms with E-state index in [1.54, 1.807) is 18.2 Å². The van der Waals surface area contributed by atoms with Gasteiger partial charge >= 0.3 is 5.97 Å². The van der Waals surface area contributed by atoms with Gasteiger partial charge in [0.05, 0.1) is 5.56 Å². The molecular formula is C12H9O2. The third kappa shape index (κ3) is 1.46. The molecular weight excluding hydrogens is 176 g/mol. The first kappa shape index (κ1) is 8.75. The number of carboxylic acid groups (broad SMARTS) is 1. The first-order chi connectivity index (χ1) is 6.66. The minimum absolute atomic E-state index is 0.314. The number of aromatic carboxylic acids is 1. The van der Waals surface area contributed by atoms with Gasteiger partial charge in [0.2, 0.25) is 0 Å². The second kappa shape index (κ2) is 3.14. The van der Waals surface area contributed by atoms with Crippen LogP contribution in [0.3, 0.4) is 0 Å². The normalized spacial score (nSPS) is 10.4. The smallest absolute Gasteiger partial charge is 0.335 e. The SMILES string of the molecule is [CH2]c1ccc2cc(C(=O)O)ccc2c1. The van der Waals surface area contributed by atoms with E-state index < -0.39 is 5.97 Å². The molecule has 2 rings (SSSR count). The maximum absolute atomic E-state index is 10.7. The van der Waals surface area contributed by atoms with Crippen LogP contribution < -0.4 is 0 Å². The Morgan fingerprint density at radius 3 is 2.43 bits per heavy atom. The lowest BCUT2D eigenvalue weighted by Crippen LogP contribution is -1.95. The van der Waals surface area contributed by atoms with E-state index in [2.05, 4.69) is 6.92 Å². The van der Waals surface area contributed by atoms with Crippen molar-refractivity contribution in [2.75, 3.05) is 0 Å². The van der Waals surface area contributed by atoms with Gasteiger partial charge < -0.3 is 5.11 Å². The van der Waals surface area contributed by atoms with Gasteiger partial charge in [-0.1, -0.05) is 24.3 Å². The molecule has 2 heteroatoms. The zero-order chi connectivity index (χ0) is 10.1. The number of carbonyl (C=O) groups is 1. The van der Waals surface area contributed by atoms with Crippen LogP contribution in [0, 0.1) is 6.92 Å². The Bertz CT molecular complexity index is 501. The van der Waals surface area contributed by atoms with Crippen molar-refractivity contribution in [1.82, 2.24) is 0 Å². The Morgan fingerprint density at radius 1 is 1.07 bits per heavy atom. The van der Waals surface area contributed by atoms with Gasteiger partial charge in [-0.3, -0.25) is 0 Å². The summed E-state index contributed by atoms with van der Waals surface area (Å²) >= 11 is 0. The van der Waals surface area contributed by atoms with Crippen LogP contribution in [0.25, 0.3) is 10.8 Å². The molecule has 0 aliphatic heterocycles. The summed E-state index contributed by atoms with van der Waals surface area (Å²) in [6.45, 7) is 3.81. The summed E-state index contributed by atoms with van der Waals surface area (Å²) in [6.07, 6.45) is 0. The molecule has 0 aliphatic rings. The van der Waals surface area contributed by atoms with Gasteiger partial charge in [-0.25, -0.2) is 4.79 Å². The highest BCUT2D eigenvalue weighted by atomic mass is 16.4. The molecule has 69 valence electrons. The Hall–Kier alpha value is -1.83. The largest absolute Gasteiger partial charge is 0.478 e. The molecule has 0 unspecified atom stereocenters. The number of benzene rings is 2. The lowest BCUT2D eigenvalue weighted by molar-refractivity contribution is 0.0697. The highest BCUT2D eigenvalue weighted by molar-refractivity contribution is 5.94. The summed E-state index contributed by atoms with van der Waals surface area (Å²) in [7, 11) is 0. The van der Waals surface area contributed by atoms with E-state index in [1.807, 2.05) is 18.2 Å². The second-order valence-electron chi connectivity index (χ2n) is 3.20. The minimum atomic E-state index is -0.898. The van der Waals surface area contributed by atoms with Crippen molar-refractivity contribution in [2.45, 2.75) is 0 Å². The van der Waals surface area contributed by atoms with Gasteiger partial charge in [0.25, 0.3) is 0 Å². The number of rotatable bonds is 1. The predicted molar refractivity (Wildman–Crippen MR) is 55.4 cm³/mol. The van der Waals surface area contributed by atoms with Crippen molar-refractivity contribution in [3.8, 4) is 0 Å². The summed E-state index contributed by atoms with van der Waals surface area (Å²) in [5, 5.41) is 10.7. The average Bonchev–Trinajstić information content (AvgIpc) is 2.16. The predicted octanol–water partition coefficient (Wildman–Crippen LogP) is 2.72. The van der Waals surface area contributed by atoms with Gasteiger partial charge in [-0.15, -0.1) is 0 Å². The molecule has 0 aromatic heterocycles. The van der Waals surface area contributed by atoms with E-state index in [0.29, 0.717) is 5.56 Å². The van der Waals surface area contributed by atoms with Gasteiger partial charge in [0.1, 0.15) is 0 Å². The van der Waals surface area contributed by atoms with E-state index in [4.69, 9.17) is 5.11 Å². The molecule has 0 bridgehead atoms. The second-order valence-corrected chi connectivity index (χ2v) is 3.20. The van der Waals surface area contributed by atoms with Crippen molar-refractivity contribution < 1.29 is 9.90 Å². The van der Waals surface area contributed by atoms with Crippen LogP contribution in [0.5, 0.6) is 0 Å². The third-order valence-corrected chi connectivity index (χ3v) is 2.15. The van der Waals surface area contributed by atoms with Gasteiger partial charge in [-0.2, -0.15) is 0 Å². The molecule has 0 aliphatic carbocycles. The van der Waals surface area contributed by atoms with Crippen LogP contribution in [0.15, 0.2) is 36.4 Å². The van der Waals surface area contributed by atoms with Gasteiger partial charge in [-0.05, 0) is 35.4 Å². The Morgan fingerprint density at radius 2 is 1.71 bits per heavy atom. The quantitative estimate of drug-likeness (QED) is 0.741. The Kier molecular flexibility index (Phi) is 1.97. The summed E-state index contributed by atoms with van der Waals surface area (Å²) in [5.41, 5.74) is 1.25. The molecule has 0 saturated carbocycles. The van der Waals surface area contributed by atoms with E-state index in [9.17, 15) is 4.79 Å². The number of carboxylic acids is 1. The van der Waals surface area contributed by atoms with Crippen LogP contribution >= 0.6 is 0 Å². The molecule has 0 amide bonds. The van der Waals surface area contributed by atoms with Crippen LogP contribution in [-0.2, 0) is 0 Å². The maximum Gasteiger partial charge on any atom is 0.335 e. The van der Waals surface area contributed by atoms with Crippen molar-refractivity contribution in [3.63, 3.8) is 0 Å². The van der Waals surface area contributed by atoms with Crippen LogP contribution in [0.4, 0.5) is 0 Å². The fourth-order valence-corrected chi connectivity index (χ4v) is 1.43. The van der Waals surface area contributed by atoms with Crippen molar-refractivity contribution in [3.05, 3.63) is 54.4 Å². The van der Waals surface area contributed by atoms with E-state index in [0.717, 1.165) is 16.3 Å². The first-order valence-electron chi connectivity index (χ1n) is 4.26. The van der Waals surface area contributed by atoms with Crippen molar-refractivity contribution in [2.24, 2.45) is 0 Å². The summed E-state index contributed by atoms with van der Waals surface area (Å²) in [5.74, 6) is -0.898. The standard InChI is InChI=1S/C12H9O2/c1-8-2-3-10-7-11(12(13)14)5-4-9(10)6-8/h2-7H,1H2,(H,13,14). The van der Waals surface area contributed by atoms with E-state index >= 15 is 0 Å². The molecule has 0 heterocycles. The molecule has 0 spiro atoms. The lowest BCUT2D eigenvalue weighted by atomic mass is 10.1. The van der Waals surface area contributed by atoms with Gasteiger partial charge in [0, 0.05) is 0 Å². The molecule has 2 aromatic rings. The number of hydrogen-bond acceptors (Lipinski definition) is 1. The first-order valence-corrected chi connectivity index (χ1v) is 4.26. The highest BCUT2D eigenvalue weighted by Crippen LogP contribution is 2.17. The summed E-state index contributed by atoms with van der Waals surface area (Å²) < 4.78 is 0. The molecule has 1 radical (unpaired) electrons. The van der Waals surface area contributed by atoms with Crippen molar-refractivity contribution >= 4 is 16.7 Å². The van der Waals surface area contributed by atoms with Crippen molar-refractivity contribution in [1.29, 1.82) is 0 Å². The number of fused-ring (bicyclic) bond motifs is 1. The molecule has 0 saturated heterocycles. The zero-order valence-electron chi connectivity index (χ0n) is 7.53. The van der Waals surface area contributed by atoms with Crippen LogP contribution in [0.1, 0.15) is 15.9 Å². The topological polar surface area (TPSA) is 37.3 Å². The third-order valence-electron chi connectivity index (χ3n) is 2.15. The van der Waals surface area contributed by atoms with Crippen LogP contribution in [-0.4, -0.2) is 11.1 Å². The molecule has 0 atom stereocenters. The lowest BCUT2D eigenvalue weighted by Gasteiger charge is -2.00. The summed E-state index contributed by atoms with van der Waals surface area (Å²) in [6, 6.07) is 10.7. The molecule has 1 N–H and O–H groups in total. The monoisotopic (exact) mass is 185 g/mol. The Labute approximate surface area is 81.8 Å². The van der Waals surface area contributed by atoms with E-state index in [-0.39, 0.29) is 0 Å². The maximum atomic E-state index is 10.7. The fraction of sp³-hybridized carbons (Fsp3) is 0. The van der Waals surface area contributed by atoms with Crippen LogP contribution in [0.2, 0.25) is 0 Å². The minimum Gasteiger partial charge on any atom is -0.478 e. The molecule has 2 nitrogen and oxygen atoms in total.